The van der Waals surface area contributed by atoms with Crippen molar-refractivity contribution in [1.29, 1.82) is 0 Å². The fourth-order valence-corrected chi connectivity index (χ4v) is 3.25. The molecule has 0 aliphatic carbocycles. The zero-order chi connectivity index (χ0) is 19.6. The number of carbonyl (C=O) groups excluding carboxylic acids is 1. The summed E-state index contributed by atoms with van der Waals surface area (Å²) in [5, 5.41) is 10.0. The number of benzene rings is 2. The fourth-order valence-electron chi connectivity index (χ4n) is 3.25. The molecule has 2 N–H and O–H groups in total. The molecule has 1 aliphatic rings. The summed E-state index contributed by atoms with van der Waals surface area (Å²) in [5.74, 6) is 1.36. The molecule has 2 aromatic carbocycles. The first-order chi connectivity index (χ1) is 13.5. The summed E-state index contributed by atoms with van der Waals surface area (Å²) in [4.78, 5) is 12.8. The standard InChI is InChI=1S/C22H23N3O3/c1-22(2,16-8-9-18-19(12-16)28-11-10-27-18)14-23-21(26)17-13-24-25-20(17)15-6-4-3-5-7-15/h3-9,12-13H,10-11,14H2,1-2H3,(H,23,26)(H,24,25). The average molecular weight is 377 g/mol. The number of ether oxygens (including phenoxy) is 2. The highest BCUT2D eigenvalue weighted by Gasteiger charge is 2.25. The topological polar surface area (TPSA) is 76.2 Å². The molecule has 0 saturated carbocycles. The van der Waals surface area contributed by atoms with Gasteiger partial charge >= 0.3 is 0 Å². The quantitative estimate of drug-likeness (QED) is 0.713. The second-order valence-electron chi connectivity index (χ2n) is 7.45. The number of hydrogen-bond donors (Lipinski definition) is 2. The lowest BCUT2D eigenvalue weighted by Crippen LogP contribution is -2.36. The maximum Gasteiger partial charge on any atom is 0.255 e. The van der Waals surface area contributed by atoms with Gasteiger partial charge in [-0.15, -0.1) is 0 Å². The molecule has 28 heavy (non-hydrogen) atoms. The zero-order valence-electron chi connectivity index (χ0n) is 16.0. The van der Waals surface area contributed by atoms with Crippen LogP contribution in [-0.2, 0) is 5.41 Å². The average Bonchev–Trinajstić information content (AvgIpc) is 3.22. The second kappa shape index (κ2) is 7.38. The van der Waals surface area contributed by atoms with Crippen molar-refractivity contribution in [3.8, 4) is 22.8 Å². The van der Waals surface area contributed by atoms with Crippen LogP contribution in [0.3, 0.4) is 0 Å². The monoisotopic (exact) mass is 377 g/mol. The summed E-state index contributed by atoms with van der Waals surface area (Å²) in [7, 11) is 0. The van der Waals surface area contributed by atoms with Crippen LogP contribution in [0.2, 0.25) is 0 Å². The molecular formula is C22H23N3O3. The lowest BCUT2D eigenvalue weighted by molar-refractivity contribution is 0.0946. The number of aromatic amines is 1. The van der Waals surface area contributed by atoms with Crippen molar-refractivity contribution in [2.75, 3.05) is 19.8 Å². The number of amides is 1. The molecule has 0 radical (unpaired) electrons. The number of carbonyl (C=O) groups is 1. The molecule has 0 spiro atoms. The van der Waals surface area contributed by atoms with Crippen molar-refractivity contribution < 1.29 is 14.3 Å². The van der Waals surface area contributed by atoms with E-state index < -0.39 is 0 Å². The molecule has 0 fully saturated rings. The highest BCUT2D eigenvalue weighted by Crippen LogP contribution is 2.35. The Morgan fingerprint density at radius 3 is 2.64 bits per heavy atom. The molecule has 6 heteroatoms. The molecule has 3 aromatic rings. The predicted molar refractivity (Wildman–Crippen MR) is 107 cm³/mol. The molecule has 1 aliphatic heterocycles. The summed E-state index contributed by atoms with van der Waals surface area (Å²) in [6.07, 6.45) is 1.56. The first kappa shape index (κ1) is 18.1. The minimum atomic E-state index is -0.276. The minimum absolute atomic E-state index is 0.154. The number of H-pyrrole nitrogens is 1. The summed E-state index contributed by atoms with van der Waals surface area (Å²) in [6, 6.07) is 15.6. The van der Waals surface area contributed by atoms with Crippen LogP contribution in [0.25, 0.3) is 11.3 Å². The molecule has 0 atom stereocenters. The molecule has 0 unspecified atom stereocenters. The van der Waals surface area contributed by atoms with Gasteiger partial charge in [-0.05, 0) is 17.7 Å². The summed E-state index contributed by atoms with van der Waals surface area (Å²) >= 11 is 0. The molecular weight excluding hydrogens is 354 g/mol. The third-order valence-electron chi connectivity index (χ3n) is 4.96. The van der Waals surface area contributed by atoms with E-state index in [9.17, 15) is 4.79 Å². The lowest BCUT2D eigenvalue weighted by atomic mass is 9.84. The van der Waals surface area contributed by atoms with Crippen molar-refractivity contribution in [1.82, 2.24) is 15.5 Å². The van der Waals surface area contributed by atoms with Gasteiger partial charge < -0.3 is 14.8 Å². The number of nitrogens with one attached hydrogen (secondary N) is 2. The molecule has 6 nitrogen and oxygen atoms in total. The molecule has 2 heterocycles. The van der Waals surface area contributed by atoms with Gasteiger partial charge in [0.15, 0.2) is 11.5 Å². The Morgan fingerprint density at radius 1 is 1.11 bits per heavy atom. The van der Waals surface area contributed by atoms with E-state index in [1.54, 1.807) is 6.20 Å². The third kappa shape index (κ3) is 3.58. The Labute approximate surface area is 163 Å². The van der Waals surface area contributed by atoms with E-state index in [1.807, 2.05) is 48.5 Å². The van der Waals surface area contributed by atoms with Gasteiger partial charge in [0.2, 0.25) is 0 Å². The van der Waals surface area contributed by atoms with Gasteiger partial charge in [0.05, 0.1) is 17.5 Å². The van der Waals surface area contributed by atoms with Crippen LogP contribution in [0.15, 0.2) is 54.7 Å². The lowest BCUT2D eigenvalue weighted by Gasteiger charge is -2.27. The number of hydrogen-bond acceptors (Lipinski definition) is 4. The van der Waals surface area contributed by atoms with Crippen molar-refractivity contribution >= 4 is 5.91 Å². The number of fused-ring (bicyclic) bond motifs is 1. The van der Waals surface area contributed by atoms with E-state index in [0.29, 0.717) is 25.3 Å². The smallest absolute Gasteiger partial charge is 0.255 e. The highest BCUT2D eigenvalue weighted by atomic mass is 16.6. The SMILES string of the molecule is CC(C)(CNC(=O)c1cn[nH]c1-c1ccccc1)c1ccc2c(c1)OCCO2. The Bertz CT molecular complexity index is 980. The van der Waals surface area contributed by atoms with Crippen molar-refractivity contribution in [3.63, 3.8) is 0 Å². The van der Waals surface area contributed by atoms with Crippen LogP contribution in [0, 0.1) is 0 Å². The van der Waals surface area contributed by atoms with Crippen LogP contribution in [0.1, 0.15) is 29.8 Å². The Kier molecular flexibility index (Phi) is 4.77. The molecule has 4 rings (SSSR count). The van der Waals surface area contributed by atoms with Gasteiger partial charge in [0, 0.05) is 17.5 Å². The van der Waals surface area contributed by atoms with Crippen LogP contribution >= 0.6 is 0 Å². The number of rotatable bonds is 5. The first-order valence-corrected chi connectivity index (χ1v) is 9.32. The molecule has 0 saturated heterocycles. The van der Waals surface area contributed by atoms with E-state index in [1.165, 1.54) is 0 Å². The Balaban J connectivity index is 1.48. The highest BCUT2D eigenvalue weighted by molar-refractivity contribution is 5.99. The fraction of sp³-hybridized carbons (Fsp3) is 0.273. The van der Waals surface area contributed by atoms with Gasteiger partial charge in [0.25, 0.3) is 5.91 Å². The van der Waals surface area contributed by atoms with Crippen molar-refractivity contribution in [2.24, 2.45) is 0 Å². The normalized spacial score (nSPS) is 13.2. The van der Waals surface area contributed by atoms with Crippen LogP contribution in [0.5, 0.6) is 11.5 Å². The minimum Gasteiger partial charge on any atom is -0.486 e. The van der Waals surface area contributed by atoms with Gasteiger partial charge in [-0.25, -0.2) is 0 Å². The largest absolute Gasteiger partial charge is 0.486 e. The molecule has 144 valence electrons. The molecule has 1 amide bonds. The maximum absolute atomic E-state index is 12.8. The van der Waals surface area contributed by atoms with Crippen molar-refractivity contribution in [2.45, 2.75) is 19.3 Å². The molecule has 1 aromatic heterocycles. The Morgan fingerprint density at radius 2 is 1.86 bits per heavy atom. The summed E-state index contributed by atoms with van der Waals surface area (Å²) in [5.41, 5.74) is 2.98. The summed E-state index contributed by atoms with van der Waals surface area (Å²) < 4.78 is 11.3. The number of nitrogens with zero attached hydrogens (tertiary/aromatic N) is 1. The molecule has 0 bridgehead atoms. The van der Waals surface area contributed by atoms with Gasteiger partial charge in [-0.3, -0.25) is 9.89 Å². The second-order valence-corrected chi connectivity index (χ2v) is 7.45. The Hall–Kier alpha value is -3.28. The van der Waals surface area contributed by atoms with E-state index in [4.69, 9.17) is 9.47 Å². The van der Waals surface area contributed by atoms with Crippen LogP contribution < -0.4 is 14.8 Å². The van der Waals surface area contributed by atoms with E-state index in [-0.39, 0.29) is 11.3 Å². The maximum atomic E-state index is 12.8. The number of aromatic nitrogens is 2. The summed E-state index contributed by atoms with van der Waals surface area (Å²) in [6.45, 7) is 5.78. The van der Waals surface area contributed by atoms with E-state index in [0.717, 1.165) is 28.3 Å². The third-order valence-corrected chi connectivity index (χ3v) is 4.96. The predicted octanol–water partition coefficient (Wildman–Crippen LogP) is 3.56. The van der Waals surface area contributed by atoms with Crippen LogP contribution in [0.4, 0.5) is 0 Å². The van der Waals surface area contributed by atoms with Gasteiger partial charge in [-0.2, -0.15) is 5.10 Å². The van der Waals surface area contributed by atoms with Gasteiger partial charge in [0.1, 0.15) is 13.2 Å². The first-order valence-electron chi connectivity index (χ1n) is 9.32. The van der Waals surface area contributed by atoms with E-state index in [2.05, 4.69) is 29.4 Å². The van der Waals surface area contributed by atoms with Crippen LogP contribution in [-0.4, -0.2) is 35.9 Å². The zero-order valence-corrected chi connectivity index (χ0v) is 16.0. The van der Waals surface area contributed by atoms with Crippen molar-refractivity contribution in [3.05, 3.63) is 65.9 Å². The van der Waals surface area contributed by atoms with Gasteiger partial charge in [-0.1, -0.05) is 50.2 Å². The van der Waals surface area contributed by atoms with E-state index >= 15 is 0 Å².